The Morgan fingerprint density at radius 1 is 1.44 bits per heavy atom. The van der Waals surface area contributed by atoms with Crippen LogP contribution in [0.4, 0.5) is 0 Å². The summed E-state index contributed by atoms with van der Waals surface area (Å²) in [6.07, 6.45) is 1.66. The summed E-state index contributed by atoms with van der Waals surface area (Å²) in [4.78, 5) is 8.60. The van der Waals surface area contributed by atoms with Gasteiger partial charge in [0.25, 0.3) is 0 Å². The smallest absolute Gasteiger partial charge is 0.214 e. The molecule has 2 rings (SSSR count). The summed E-state index contributed by atoms with van der Waals surface area (Å²) in [5.41, 5.74) is 0.776. The van der Waals surface area contributed by atoms with Gasteiger partial charge in [-0.3, -0.25) is 0 Å². The number of aliphatic hydroxyl groups is 1. The van der Waals surface area contributed by atoms with Crippen molar-refractivity contribution in [2.24, 2.45) is 7.05 Å². The van der Waals surface area contributed by atoms with Gasteiger partial charge >= 0.3 is 0 Å². The van der Waals surface area contributed by atoms with Gasteiger partial charge in [0.1, 0.15) is 5.03 Å². The van der Waals surface area contributed by atoms with Gasteiger partial charge in [0.05, 0.1) is 25.1 Å². The molecule has 0 saturated heterocycles. The third kappa shape index (κ3) is 2.83. The number of imidazole rings is 1. The highest BCUT2D eigenvalue weighted by Crippen LogP contribution is 2.26. The lowest BCUT2D eigenvalue weighted by Gasteiger charge is -2.05. The highest BCUT2D eigenvalue weighted by Gasteiger charge is 2.08. The lowest BCUT2D eigenvalue weighted by molar-refractivity contribution is 0.271. The van der Waals surface area contributed by atoms with E-state index in [0.29, 0.717) is 12.5 Å². The fourth-order valence-electron chi connectivity index (χ4n) is 1.44. The van der Waals surface area contributed by atoms with Crippen molar-refractivity contribution in [2.75, 3.05) is 6.61 Å². The fraction of sp³-hybridized carbons (Fsp3) is 0.333. The summed E-state index contributed by atoms with van der Waals surface area (Å²) < 4.78 is 7.20. The third-order valence-corrected chi connectivity index (χ3v) is 3.39. The number of pyridine rings is 1. The molecule has 0 saturated carbocycles. The minimum Gasteiger partial charge on any atom is -0.478 e. The Bertz CT molecular complexity index is 528. The summed E-state index contributed by atoms with van der Waals surface area (Å²) in [6.45, 7) is 2.50. The van der Waals surface area contributed by atoms with Crippen molar-refractivity contribution in [3.8, 4) is 5.88 Å². The van der Waals surface area contributed by atoms with E-state index in [1.54, 1.807) is 6.20 Å². The van der Waals surface area contributed by atoms with Gasteiger partial charge < -0.3 is 14.4 Å². The molecule has 0 spiro atoms. The first kappa shape index (κ1) is 12.9. The Labute approximate surface area is 110 Å². The minimum atomic E-state index is -0.0174. The van der Waals surface area contributed by atoms with Crippen LogP contribution in [0.3, 0.4) is 0 Å². The van der Waals surface area contributed by atoms with Crippen molar-refractivity contribution < 1.29 is 9.84 Å². The molecular weight excluding hydrogens is 250 g/mol. The van der Waals surface area contributed by atoms with Crippen molar-refractivity contribution in [1.29, 1.82) is 0 Å². The first-order valence-electron chi connectivity index (χ1n) is 5.63. The molecular formula is C12H15N3O2S. The Kier molecular flexibility index (Phi) is 4.22. The zero-order valence-corrected chi connectivity index (χ0v) is 11.1. The van der Waals surface area contributed by atoms with Gasteiger partial charge in [-0.2, -0.15) is 0 Å². The second-order valence-corrected chi connectivity index (χ2v) is 4.59. The van der Waals surface area contributed by atoms with E-state index in [0.717, 1.165) is 15.9 Å². The molecule has 2 heterocycles. The first-order chi connectivity index (χ1) is 8.74. The van der Waals surface area contributed by atoms with E-state index in [1.807, 2.05) is 36.7 Å². The van der Waals surface area contributed by atoms with Crippen molar-refractivity contribution in [2.45, 2.75) is 23.7 Å². The molecule has 2 aromatic heterocycles. The molecule has 1 N–H and O–H groups in total. The first-order valence-corrected chi connectivity index (χ1v) is 6.45. The van der Waals surface area contributed by atoms with E-state index in [2.05, 4.69) is 9.97 Å². The van der Waals surface area contributed by atoms with Gasteiger partial charge in [0.15, 0.2) is 5.16 Å². The molecule has 0 unspecified atom stereocenters. The summed E-state index contributed by atoms with van der Waals surface area (Å²) >= 11 is 1.44. The molecule has 0 aliphatic carbocycles. The molecule has 0 aromatic carbocycles. The highest BCUT2D eigenvalue weighted by atomic mass is 32.2. The molecule has 0 radical (unpaired) electrons. The van der Waals surface area contributed by atoms with E-state index in [9.17, 15) is 0 Å². The van der Waals surface area contributed by atoms with Crippen molar-refractivity contribution in [1.82, 2.24) is 14.5 Å². The van der Waals surface area contributed by atoms with Gasteiger partial charge in [-0.15, -0.1) is 0 Å². The highest BCUT2D eigenvalue weighted by molar-refractivity contribution is 7.99. The predicted octanol–water partition coefficient (Wildman–Crippen LogP) is 1.86. The number of aromatic nitrogens is 3. The molecule has 96 valence electrons. The van der Waals surface area contributed by atoms with E-state index >= 15 is 0 Å². The zero-order valence-electron chi connectivity index (χ0n) is 10.3. The van der Waals surface area contributed by atoms with Crippen LogP contribution in [-0.2, 0) is 13.7 Å². The zero-order chi connectivity index (χ0) is 13.0. The second-order valence-electron chi connectivity index (χ2n) is 3.60. The minimum absolute atomic E-state index is 0.0174. The Balaban J connectivity index is 2.17. The van der Waals surface area contributed by atoms with E-state index in [-0.39, 0.29) is 6.61 Å². The van der Waals surface area contributed by atoms with Gasteiger partial charge in [-0.05, 0) is 24.8 Å². The molecule has 6 heteroatoms. The normalized spacial score (nSPS) is 10.6. The molecule has 0 aliphatic rings. The van der Waals surface area contributed by atoms with Gasteiger partial charge in [-0.1, -0.05) is 6.07 Å². The van der Waals surface area contributed by atoms with Gasteiger partial charge in [0, 0.05) is 13.1 Å². The number of rotatable bonds is 5. The maximum absolute atomic E-state index is 9.11. The van der Waals surface area contributed by atoms with Gasteiger partial charge in [-0.25, -0.2) is 9.97 Å². The quantitative estimate of drug-likeness (QED) is 0.894. The number of ether oxygens (including phenoxy) is 1. The van der Waals surface area contributed by atoms with E-state index in [4.69, 9.17) is 9.84 Å². The Hall–Kier alpha value is -1.53. The average molecular weight is 265 g/mol. The van der Waals surface area contributed by atoms with Crippen LogP contribution in [0.5, 0.6) is 5.88 Å². The SMILES string of the molecule is CCOc1cccc(Sc2ncc(CO)n2C)n1. The summed E-state index contributed by atoms with van der Waals surface area (Å²) in [7, 11) is 1.87. The average Bonchev–Trinajstić information content (AvgIpc) is 2.71. The molecule has 0 bridgehead atoms. The number of aliphatic hydroxyl groups excluding tert-OH is 1. The van der Waals surface area contributed by atoms with Crippen LogP contribution >= 0.6 is 11.8 Å². The molecule has 0 aliphatic heterocycles. The fourth-order valence-corrected chi connectivity index (χ4v) is 2.27. The predicted molar refractivity (Wildman–Crippen MR) is 68.7 cm³/mol. The maximum atomic E-state index is 9.11. The Morgan fingerprint density at radius 2 is 2.28 bits per heavy atom. The van der Waals surface area contributed by atoms with Crippen molar-refractivity contribution >= 4 is 11.8 Å². The third-order valence-electron chi connectivity index (χ3n) is 2.39. The van der Waals surface area contributed by atoms with Crippen LogP contribution in [0.15, 0.2) is 34.6 Å². The number of hydrogen-bond donors (Lipinski definition) is 1. The van der Waals surface area contributed by atoms with Crippen LogP contribution in [0.2, 0.25) is 0 Å². The molecule has 2 aromatic rings. The van der Waals surface area contributed by atoms with Crippen LogP contribution in [-0.4, -0.2) is 26.2 Å². The topological polar surface area (TPSA) is 60.2 Å². The largest absolute Gasteiger partial charge is 0.478 e. The lowest BCUT2D eigenvalue weighted by atomic mass is 10.5. The van der Waals surface area contributed by atoms with E-state index in [1.165, 1.54) is 11.8 Å². The second kappa shape index (κ2) is 5.88. The monoisotopic (exact) mass is 265 g/mol. The van der Waals surface area contributed by atoms with Crippen molar-refractivity contribution in [3.63, 3.8) is 0 Å². The standard InChI is InChI=1S/C12H15N3O2S/c1-3-17-10-5-4-6-11(14-10)18-12-13-7-9(8-16)15(12)2/h4-7,16H,3,8H2,1-2H3. The molecule has 18 heavy (non-hydrogen) atoms. The van der Waals surface area contributed by atoms with Crippen molar-refractivity contribution in [3.05, 3.63) is 30.1 Å². The Morgan fingerprint density at radius 3 is 2.94 bits per heavy atom. The van der Waals surface area contributed by atoms with Crippen LogP contribution < -0.4 is 4.74 Å². The number of hydrogen-bond acceptors (Lipinski definition) is 5. The molecule has 5 nitrogen and oxygen atoms in total. The van der Waals surface area contributed by atoms with E-state index < -0.39 is 0 Å². The van der Waals surface area contributed by atoms with Crippen LogP contribution in [0, 0.1) is 0 Å². The lowest BCUT2D eigenvalue weighted by Crippen LogP contribution is -1.98. The molecule has 0 fully saturated rings. The molecule has 0 atom stereocenters. The van der Waals surface area contributed by atoms with Crippen LogP contribution in [0.25, 0.3) is 0 Å². The van der Waals surface area contributed by atoms with Crippen LogP contribution in [0.1, 0.15) is 12.6 Å². The summed E-state index contributed by atoms with van der Waals surface area (Å²) in [5, 5.41) is 10.7. The molecule has 0 amide bonds. The summed E-state index contributed by atoms with van der Waals surface area (Å²) in [6, 6.07) is 5.63. The number of nitrogens with zero attached hydrogens (tertiary/aromatic N) is 3. The maximum Gasteiger partial charge on any atom is 0.214 e. The van der Waals surface area contributed by atoms with Gasteiger partial charge in [0.2, 0.25) is 5.88 Å². The summed E-state index contributed by atoms with van der Waals surface area (Å²) in [5.74, 6) is 0.610.